The van der Waals surface area contributed by atoms with Crippen LogP contribution in [0.3, 0.4) is 0 Å². The molecule has 0 saturated carbocycles. The summed E-state index contributed by atoms with van der Waals surface area (Å²) >= 11 is 14.8. The minimum Gasteiger partial charge on any atom is -0.294 e. The Morgan fingerprint density at radius 3 is 2.93 bits per heavy atom. The summed E-state index contributed by atoms with van der Waals surface area (Å²) in [6.07, 6.45) is 1.84. The summed E-state index contributed by atoms with van der Waals surface area (Å²) < 4.78 is 0.631. The highest BCUT2D eigenvalue weighted by Gasteiger charge is 2.31. The average molecular weight is 311 g/mol. The number of rotatable bonds is 1. The number of halogens is 3. The highest BCUT2D eigenvalue weighted by molar-refractivity contribution is 9.10. The lowest BCUT2D eigenvalue weighted by molar-refractivity contribution is -0.117. The second kappa shape index (κ2) is 4.23. The molecule has 1 aromatic heterocycles. The van der Waals surface area contributed by atoms with E-state index in [1.165, 1.54) is 11.1 Å². The van der Waals surface area contributed by atoms with Crippen LogP contribution in [0.25, 0.3) is 0 Å². The molecule has 0 N–H and O–H groups in total. The molecule has 0 radical (unpaired) electrons. The number of alkyl halides is 1. The summed E-state index contributed by atoms with van der Waals surface area (Å²) in [5, 5.41) is -0.0582. The second-order valence-electron chi connectivity index (χ2n) is 3.12. The Morgan fingerprint density at radius 1 is 1.60 bits per heavy atom. The minimum absolute atomic E-state index is 0.0505. The van der Waals surface area contributed by atoms with Crippen molar-refractivity contribution in [2.24, 2.45) is 0 Å². The molecular weight excluding hydrogens is 305 g/mol. The molecule has 0 bridgehead atoms. The van der Waals surface area contributed by atoms with E-state index in [0.29, 0.717) is 23.3 Å². The number of amides is 1. The third-order valence-electron chi connectivity index (χ3n) is 2.03. The van der Waals surface area contributed by atoms with Crippen molar-refractivity contribution in [3.8, 4) is 0 Å². The Bertz CT molecular complexity index is 415. The van der Waals surface area contributed by atoms with Crippen molar-refractivity contribution in [1.82, 2.24) is 9.97 Å². The quantitative estimate of drug-likeness (QED) is 0.590. The van der Waals surface area contributed by atoms with Gasteiger partial charge in [-0.1, -0.05) is 0 Å². The summed E-state index contributed by atoms with van der Waals surface area (Å²) in [4.78, 5) is 20.9. The molecule has 1 aliphatic rings. The lowest BCUT2D eigenvalue weighted by Gasteiger charge is -2.15. The van der Waals surface area contributed by atoms with E-state index in [2.05, 4.69) is 25.9 Å². The van der Waals surface area contributed by atoms with Crippen LogP contribution in [-0.2, 0) is 4.79 Å². The molecule has 0 spiro atoms. The standard InChI is InChI=1S/C8H6BrCl2N3O/c9-5-2-12-8(11)13-7(5)14-3-4(10)1-6(14)15/h2,4H,1,3H2. The Kier molecular flexibility index (Phi) is 3.13. The molecule has 2 heterocycles. The number of aromatic nitrogens is 2. The summed E-state index contributed by atoms with van der Waals surface area (Å²) in [5.41, 5.74) is 0. The Hall–Kier alpha value is -0.390. The molecular formula is C8H6BrCl2N3O. The first-order chi connectivity index (χ1) is 7.08. The molecule has 1 saturated heterocycles. The monoisotopic (exact) mass is 309 g/mol. The molecule has 0 aliphatic carbocycles. The molecule has 0 aromatic carbocycles. The van der Waals surface area contributed by atoms with Gasteiger partial charge in [0.2, 0.25) is 11.2 Å². The highest BCUT2D eigenvalue weighted by Crippen LogP contribution is 2.29. The van der Waals surface area contributed by atoms with Crippen molar-refractivity contribution in [2.45, 2.75) is 11.8 Å². The number of hydrogen-bond acceptors (Lipinski definition) is 3. The van der Waals surface area contributed by atoms with Crippen LogP contribution in [0.1, 0.15) is 6.42 Å². The van der Waals surface area contributed by atoms with E-state index >= 15 is 0 Å². The first kappa shape index (κ1) is 11.1. The van der Waals surface area contributed by atoms with Gasteiger partial charge in [0.25, 0.3) is 0 Å². The van der Waals surface area contributed by atoms with E-state index < -0.39 is 0 Å². The van der Waals surface area contributed by atoms with Gasteiger partial charge in [0.15, 0.2) is 5.82 Å². The minimum atomic E-state index is -0.168. The van der Waals surface area contributed by atoms with Crippen molar-refractivity contribution in [1.29, 1.82) is 0 Å². The molecule has 80 valence electrons. The summed E-state index contributed by atoms with van der Waals surface area (Å²) in [5.74, 6) is 0.425. The molecule has 1 unspecified atom stereocenters. The summed E-state index contributed by atoms with van der Waals surface area (Å²) in [6, 6.07) is 0. The fourth-order valence-electron chi connectivity index (χ4n) is 1.40. The first-order valence-electron chi connectivity index (χ1n) is 4.20. The fraction of sp³-hybridized carbons (Fsp3) is 0.375. The Labute approximate surface area is 105 Å². The van der Waals surface area contributed by atoms with Crippen LogP contribution in [0.15, 0.2) is 10.7 Å². The molecule has 2 rings (SSSR count). The Balaban J connectivity index is 2.37. The van der Waals surface area contributed by atoms with Gasteiger partial charge in [-0.3, -0.25) is 9.69 Å². The van der Waals surface area contributed by atoms with Gasteiger partial charge >= 0.3 is 0 Å². The van der Waals surface area contributed by atoms with Crippen LogP contribution < -0.4 is 4.90 Å². The molecule has 1 fully saturated rings. The van der Waals surface area contributed by atoms with Crippen LogP contribution in [-0.4, -0.2) is 27.8 Å². The predicted molar refractivity (Wildman–Crippen MR) is 61.4 cm³/mol. The molecule has 1 amide bonds. The van der Waals surface area contributed by atoms with E-state index in [1.54, 1.807) is 0 Å². The molecule has 1 aromatic rings. The van der Waals surface area contributed by atoms with E-state index in [4.69, 9.17) is 23.2 Å². The van der Waals surface area contributed by atoms with Crippen molar-refractivity contribution >= 4 is 50.9 Å². The SMILES string of the molecule is O=C1CC(Cl)CN1c1nc(Cl)ncc1Br. The lowest BCUT2D eigenvalue weighted by atomic mass is 10.4. The first-order valence-corrected chi connectivity index (χ1v) is 5.81. The van der Waals surface area contributed by atoms with E-state index in [1.807, 2.05) is 0 Å². The largest absolute Gasteiger partial charge is 0.294 e. The number of anilines is 1. The molecule has 1 atom stereocenters. The van der Waals surface area contributed by atoms with Gasteiger partial charge in [-0.2, -0.15) is 4.98 Å². The molecule has 15 heavy (non-hydrogen) atoms. The maximum atomic E-state index is 11.6. The van der Waals surface area contributed by atoms with Gasteiger partial charge in [0.05, 0.1) is 9.85 Å². The summed E-state index contributed by atoms with van der Waals surface area (Å²) in [6.45, 7) is 0.451. The van der Waals surface area contributed by atoms with Crippen LogP contribution in [0.5, 0.6) is 0 Å². The number of carbonyl (C=O) groups excluding carboxylic acids is 1. The topological polar surface area (TPSA) is 46.1 Å². The van der Waals surface area contributed by atoms with E-state index in [9.17, 15) is 4.79 Å². The van der Waals surface area contributed by atoms with Crippen molar-refractivity contribution in [2.75, 3.05) is 11.4 Å². The zero-order chi connectivity index (χ0) is 11.0. The fourth-order valence-corrected chi connectivity index (χ4v) is 2.20. The van der Waals surface area contributed by atoms with Crippen LogP contribution in [0, 0.1) is 0 Å². The lowest BCUT2D eigenvalue weighted by Crippen LogP contribution is -2.26. The number of carbonyl (C=O) groups is 1. The summed E-state index contributed by atoms with van der Waals surface area (Å²) in [7, 11) is 0. The Morgan fingerprint density at radius 2 is 2.33 bits per heavy atom. The molecule has 7 heteroatoms. The van der Waals surface area contributed by atoms with Crippen LogP contribution in [0.2, 0.25) is 5.28 Å². The second-order valence-corrected chi connectivity index (χ2v) is 4.93. The van der Waals surface area contributed by atoms with Crippen LogP contribution >= 0.6 is 39.1 Å². The predicted octanol–water partition coefficient (Wildman–Crippen LogP) is 2.24. The zero-order valence-electron chi connectivity index (χ0n) is 7.45. The highest BCUT2D eigenvalue weighted by atomic mass is 79.9. The van der Waals surface area contributed by atoms with Gasteiger partial charge in [0.1, 0.15) is 0 Å². The van der Waals surface area contributed by atoms with Gasteiger partial charge in [-0.25, -0.2) is 4.98 Å². The number of hydrogen-bond donors (Lipinski definition) is 0. The third-order valence-corrected chi connectivity index (χ3v) is 3.06. The normalized spacial score (nSPS) is 21.1. The maximum absolute atomic E-state index is 11.6. The van der Waals surface area contributed by atoms with Crippen molar-refractivity contribution < 1.29 is 4.79 Å². The van der Waals surface area contributed by atoms with Gasteiger partial charge < -0.3 is 0 Å². The van der Waals surface area contributed by atoms with Gasteiger partial charge in [0, 0.05) is 19.2 Å². The van der Waals surface area contributed by atoms with E-state index in [0.717, 1.165) is 0 Å². The van der Waals surface area contributed by atoms with E-state index in [-0.39, 0.29) is 16.6 Å². The van der Waals surface area contributed by atoms with Gasteiger partial charge in [-0.05, 0) is 27.5 Å². The molecule has 1 aliphatic heterocycles. The average Bonchev–Trinajstić information content (AvgIpc) is 2.50. The third kappa shape index (κ3) is 2.24. The van der Waals surface area contributed by atoms with Crippen molar-refractivity contribution in [3.63, 3.8) is 0 Å². The van der Waals surface area contributed by atoms with Gasteiger partial charge in [-0.15, -0.1) is 11.6 Å². The maximum Gasteiger partial charge on any atom is 0.229 e. The molecule has 4 nitrogen and oxygen atoms in total. The zero-order valence-corrected chi connectivity index (χ0v) is 10.6. The van der Waals surface area contributed by atoms with Crippen LogP contribution in [0.4, 0.5) is 5.82 Å². The smallest absolute Gasteiger partial charge is 0.229 e. The van der Waals surface area contributed by atoms with Crippen molar-refractivity contribution in [3.05, 3.63) is 16.0 Å². The number of nitrogens with zero attached hydrogens (tertiary/aromatic N) is 3.